The standard InChI is InChI=1S/C20H17N5O2.C15H10F3N3O5S.C14H11N3O3/c26-19-9-18(23-11-16-7-4-8-21-10-16)17-12-22-14-24-20(17)25(19)27-13-15-5-2-1-3-6-15;16-15(17,18)27(23,24)26-12-6-13(22)21(14-11(12)7-19-9-20-14)25-8-10-4-2-1-3-5-10;18-12-6-13(19)17(14-11(12)7-15-9-16-14)20-8-10-4-2-1-3-5-10/h1-10,12,14,23H,11,13H2;1-7,9H,8H2;1-7,9,18H,8H2. The van der Waals surface area contributed by atoms with Gasteiger partial charge in [0.2, 0.25) is 0 Å². The average Bonchev–Trinajstić information content (AvgIpc) is 3.41. The van der Waals surface area contributed by atoms with Gasteiger partial charge in [-0.15, -0.1) is 14.2 Å². The van der Waals surface area contributed by atoms with E-state index < -0.39 is 32.5 Å². The van der Waals surface area contributed by atoms with E-state index >= 15 is 0 Å². The zero-order valence-electron chi connectivity index (χ0n) is 38.1. The number of aromatic hydroxyl groups is 1. The number of benzene rings is 3. The summed E-state index contributed by atoms with van der Waals surface area (Å²) in [7, 11) is -5.97. The van der Waals surface area contributed by atoms with E-state index in [0.717, 1.165) is 44.7 Å². The lowest BCUT2D eigenvalue weighted by molar-refractivity contribution is -0.0499. The van der Waals surface area contributed by atoms with E-state index in [4.69, 9.17) is 14.5 Å². The maximum absolute atomic E-state index is 12.6. The van der Waals surface area contributed by atoms with E-state index in [-0.39, 0.29) is 47.8 Å². The Morgan fingerprint density at radius 2 is 0.959 bits per heavy atom. The zero-order chi connectivity index (χ0) is 52.1. The number of anilines is 1. The van der Waals surface area contributed by atoms with E-state index in [0.29, 0.717) is 40.3 Å². The summed E-state index contributed by atoms with van der Waals surface area (Å²) in [6, 6.07) is 34.8. The van der Waals surface area contributed by atoms with Crippen molar-refractivity contribution in [3.05, 3.63) is 225 Å². The third-order valence-corrected chi connectivity index (χ3v) is 11.1. The number of rotatable bonds is 14. The molecule has 376 valence electrons. The quantitative estimate of drug-likeness (QED) is 0.105. The van der Waals surface area contributed by atoms with Crippen molar-refractivity contribution in [2.75, 3.05) is 5.32 Å². The molecule has 7 heterocycles. The van der Waals surface area contributed by atoms with Gasteiger partial charge in [0.1, 0.15) is 44.6 Å². The van der Waals surface area contributed by atoms with Crippen LogP contribution in [0.4, 0.5) is 18.9 Å². The van der Waals surface area contributed by atoms with Gasteiger partial charge < -0.3 is 29.1 Å². The maximum atomic E-state index is 12.6. The predicted octanol–water partition coefficient (Wildman–Crippen LogP) is 5.20. The fourth-order valence-corrected chi connectivity index (χ4v) is 7.14. The van der Waals surface area contributed by atoms with Gasteiger partial charge in [0.25, 0.3) is 16.7 Å². The van der Waals surface area contributed by atoms with Crippen molar-refractivity contribution in [1.29, 1.82) is 0 Å². The molecule has 0 aliphatic carbocycles. The molecular weight excluding hydrogens is 992 g/mol. The molecule has 0 aliphatic rings. The minimum atomic E-state index is -5.97. The molecule has 10 rings (SSSR count). The van der Waals surface area contributed by atoms with Crippen molar-refractivity contribution in [3.8, 4) is 11.5 Å². The van der Waals surface area contributed by atoms with E-state index in [2.05, 4.69) is 44.4 Å². The van der Waals surface area contributed by atoms with Crippen LogP contribution in [0.5, 0.6) is 11.5 Å². The Bertz CT molecular complexity index is 3830. The lowest BCUT2D eigenvalue weighted by Crippen LogP contribution is -2.31. The molecular formula is C49H38F3N11O10S. The molecule has 74 heavy (non-hydrogen) atoms. The number of nitrogens with zero attached hydrogens (tertiary/aromatic N) is 10. The Balaban J connectivity index is 0.000000150. The molecule has 2 N–H and O–H groups in total. The van der Waals surface area contributed by atoms with Crippen LogP contribution < -0.4 is 40.7 Å². The molecule has 0 radical (unpaired) electrons. The van der Waals surface area contributed by atoms with Gasteiger partial charge in [-0.25, -0.2) is 29.9 Å². The van der Waals surface area contributed by atoms with Gasteiger partial charge in [-0.05, 0) is 28.3 Å². The summed E-state index contributed by atoms with van der Waals surface area (Å²) in [5.74, 6) is -1.02. The van der Waals surface area contributed by atoms with Crippen LogP contribution in [0.1, 0.15) is 22.3 Å². The molecule has 7 aromatic heterocycles. The van der Waals surface area contributed by atoms with Crippen molar-refractivity contribution in [2.45, 2.75) is 31.9 Å². The van der Waals surface area contributed by atoms with E-state index in [1.807, 2.05) is 72.8 Å². The van der Waals surface area contributed by atoms with E-state index in [9.17, 15) is 41.1 Å². The smallest absolute Gasteiger partial charge is 0.507 e. The Hall–Kier alpha value is -9.78. The van der Waals surface area contributed by atoms with E-state index in [1.165, 1.54) is 29.6 Å². The van der Waals surface area contributed by atoms with Crippen LogP contribution in [0.2, 0.25) is 0 Å². The summed E-state index contributed by atoms with van der Waals surface area (Å²) in [4.78, 5) is 81.0. The van der Waals surface area contributed by atoms with Gasteiger partial charge in [0, 0.05) is 49.7 Å². The lowest BCUT2D eigenvalue weighted by atomic mass is 10.2. The number of halogens is 3. The number of nitrogens with one attached hydrogen (secondary N) is 1. The average molecular weight is 1030 g/mol. The maximum Gasteiger partial charge on any atom is 0.534 e. The van der Waals surface area contributed by atoms with Gasteiger partial charge in [-0.2, -0.15) is 21.6 Å². The van der Waals surface area contributed by atoms with Crippen molar-refractivity contribution < 1.29 is 45.4 Å². The number of hydrogen-bond acceptors (Lipinski definition) is 18. The first-order valence-electron chi connectivity index (χ1n) is 21.7. The summed E-state index contributed by atoms with van der Waals surface area (Å²) >= 11 is 0. The van der Waals surface area contributed by atoms with Crippen LogP contribution in [-0.4, -0.2) is 68.1 Å². The first-order valence-corrected chi connectivity index (χ1v) is 23.1. The molecule has 0 amide bonds. The first-order chi connectivity index (χ1) is 35.8. The van der Waals surface area contributed by atoms with Crippen molar-refractivity contribution >= 4 is 48.9 Å². The Labute approximate surface area is 415 Å². The Kier molecular flexibility index (Phi) is 15.7. The molecule has 10 aromatic rings. The van der Waals surface area contributed by atoms with Crippen molar-refractivity contribution in [1.82, 2.24) is 49.1 Å². The van der Waals surface area contributed by atoms with Gasteiger partial charge in [0.15, 0.2) is 22.7 Å². The van der Waals surface area contributed by atoms with Crippen molar-refractivity contribution in [3.63, 3.8) is 0 Å². The Morgan fingerprint density at radius 1 is 0.527 bits per heavy atom. The fourth-order valence-electron chi connectivity index (χ4n) is 6.67. The molecule has 0 saturated carbocycles. The van der Waals surface area contributed by atoms with Gasteiger partial charge in [-0.1, -0.05) is 97.1 Å². The highest BCUT2D eigenvalue weighted by molar-refractivity contribution is 7.88. The second-order valence-electron chi connectivity index (χ2n) is 15.2. The van der Waals surface area contributed by atoms with Crippen molar-refractivity contribution in [2.24, 2.45) is 0 Å². The molecule has 25 heteroatoms. The third-order valence-electron chi connectivity index (χ3n) is 10.2. The number of aromatic nitrogens is 10. The minimum absolute atomic E-state index is 0.0408. The Morgan fingerprint density at radius 3 is 1.45 bits per heavy atom. The molecule has 0 unspecified atom stereocenters. The fraction of sp³-hybridized carbons (Fsp3) is 0.102. The molecule has 0 aliphatic heterocycles. The summed E-state index contributed by atoms with van der Waals surface area (Å²) in [5.41, 5.74) is -2.74. The summed E-state index contributed by atoms with van der Waals surface area (Å²) in [6.45, 7) is 0.986. The highest BCUT2D eigenvalue weighted by Gasteiger charge is 2.49. The monoisotopic (exact) mass is 1030 g/mol. The predicted molar refractivity (Wildman–Crippen MR) is 260 cm³/mol. The van der Waals surface area contributed by atoms with Gasteiger partial charge >= 0.3 is 15.6 Å². The topological polar surface area (TPSA) is 260 Å². The molecule has 0 saturated heterocycles. The number of alkyl halides is 3. The highest BCUT2D eigenvalue weighted by atomic mass is 32.2. The van der Waals surface area contributed by atoms with Crippen LogP contribution in [-0.2, 0) is 36.5 Å². The molecule has 3 aromatic carbocycles. The summed E-state index contributed by atoms with van der Waals surface area (Å²) in [6.07, 6.45) is 11.3. The number of pyridine rings is 4. The van der Waals surface area contributed by atoms with Crippen LogP contribution in [0.15, 0.2) is 186 Å². The van der Waals surface area contributed by atoms with Crippen LogP contribution in [0.25, 0.3) is 33.1 Å². The van der Waals surface area contributed by atoms with Gasteiger partial charge in [-0.3, -0.25) is 19.4 Å². The van der Waals surface area contributed by atoms with E-state index in [1.54, 1.807) is 48.9 Å². The number of fused-ring (bicyclic) bond motifs is 3. The highest BCUT2D eigenvalue weighted by Crippen LogP contribution is 2.30. The minimum Gasteiger partial charge on any atom is -0.507 e. The van der Waals surface area contributed by atoms with Gasteiger partial charge in [0.05, 0.1) is 27.9 Å². The summed E-state index contributed by atoms with van der Waals surface area (Å²) < 4.78 is 67.2. The zero-order valence-corrected chi connectivity index (χ0v) is 38.9. The normalized spacial score (nSPS) is 11.2. The SMILES string of the molecule is O=c1cc(NCc2cccnc2)c2cncnc2n1OCc1ccccc1.O=c1cc(O)c2cncnc2n1OCc1ccccc1.O=c1cc(OS(=O)(=O)C(F)(F)F)c2cncnc2n1OCc1ccccc1. The molecule has 0 bridgehead atoms. The largest absolute Gasteiger partial charge is 0.534 e. The number of hydrogen-bond donors (Lipinski definition) is 2. The van der Waals surface area contributed by atoms with Crippen LogP contribution in [0.3, 0.4) is 0 Å². The van der Waals surface area contributed by atoms with Crippen LogP contribution in [0, 0.1) is 0 Å². The third kappa shape index (κ3) is 12.4. The molecule has 21 nitrogen and oxygen atoms in total. The molecule has 0 spiro atoms. The summed E-state index contributed by atoms with van der Waals surface area (Å²) in [5, 5.41) is 13.8. The molecule has 0 atom stereocenters. The molecule has 0 fully saturated rings. The van der Waals surface area contributed by atoms with Crippen LogP contribution >= 0.6 is 0 Å². The second-order valence-corrected chi connectivity index (χ2v) is 16.8. The second kappa shape index (κ2) is 23.0. The first kappa shape index (κ1) is 50.6. The lowest BCUT2D eigenvalue weighted by Gasteiger charge is -2.14.